The molecule has 1 unspecified atom stereocenters. The Bertz CT molecular complexity index is 1160. The van der Waals surface area contributed by atoms with Crippen LogP contribution in [0.15, 0.2) is 96.7 Å². The smallest absolute Gasteiger partial charge is 0.119 e. The van der Waals surface area contributed by atoms with E-state index in [2.05, 4.69) is 17.6 Å². The van der Waals surface area contributed by atoms with E-state index >= 15 is 0 Å². The maximum Gasteiger partial charge on any atom is 0.119 e. The van der Waals surface area contributed by atoms with E-state index < -0.39 is 0 Å². The zero-order valence-corrected chi connectivity index (χ0v) is 19.0. The first-order valence-corrected chi connectivity index (χ1v) is 11.3. The summed E-state index contributed by atoms with van der Waals surface area (Å²) in [6.07, 6.45) is 7.34. The lowest BCUT2D eigenvalue weighted by Gasteiger charge is -2.18. The van der Waals surface area contributed by atoms with Crippen LogP contribution in [0.25, 0.3) is 11.6 Å². The average Bonchev–Trinajstić information content (AvgIpc) is 3.31. The summed E-state index contributed by atoms with van der Waals surface area (Å²) in [5.41, 5.74) is 4.78. The van der Waals surface area contributed by atoms with Gasteiger partial charge in [-0.2, -0.15) is 0 Å². The van der Waals surface area contributed by atoms with Crippen LogP contribution in [0.5, 0.6) is 11.5 Å². The molecule has 0 saturated heterocycles. The molecule has 0 saturated carbocycles. The Morgan fingerprint density at radius 1 is 1.15 bits per heavy atom. The maximum absolute atomic E-state index is 9.67. The molecule has 0 fully saturated rings. The van der Waals surface area contributed by atoms with Crippen LogP contribution in [-0.2, 0) is 4.74 Å². The number of hydrogen-bond donors (Lipinski definition) is 1. The Labute approximate surface area is 199 Å². The Balaban J connectivity index is 1.46. The molecule has 2 heterocycles. The van der Waals surface area contributed by atoms with E-state index in [0.717, 1.165) is 46.6 Å². The summed E-state index contributed by atoms with van der Waals surface area (Å²) in [6, 6.07) is 20.6. The van der Waals surface area contributed by atoms with Gasteiger partial charge < -0.3 is 14.6 Å². The van der Waals surface area contributed by atoms with Crippen LogP contribution in [0.4, 0.5) is 0 Å². The lowest BCUT2D eigenvalue weighted by atomic mass is 9.95. The van der Waals surface area contributed by atoms with E-state index in [9.17, 15) is 5.11 Å². The van der Waals surface area contributed by atoms with Gasteiger partial charge in [0.05, 0.1) is 23.4 Å². The molecule has 0 radical (unpaired) electrons. The number of halogens is 1. The molecule has 1 atom stereocenters. The second-order valence-electron chi connectivity index (χ2n) is 7.82. The molecule has 4 nitrogen and oxygen atoms in total. The molecule has 1 aliphatic heterocycles. The first-order chi connectivity index (χ1) is 16.1. The van der Waals surface area contributed by atoms with E-state index in [1.54, 1.807) is 24.4 Å². The minimum Gasteiger partial charge on any atom is -0.508 e. The number of hydrogen-bond acceptors (Lipinski definition) is 4. The van der Waals surface area contributed by atoms with Crippen LogP contribution in [0.2, 0.25) is 5.02 Å². The molecule has 1 aromatic heterocycles. The number of aromatic nitrogens is 1. The van der Waals surface area contributed by atoms with Crippen molar-refractivity contribution >= 4 is 23.3 Å². The van der Waals surface area contributed by atoms with Gasteiger partial charge in [-0.1, -0.05) is 48.5 Å². The van der Waals surface area contributed by atoms with Crippen LogP contribution < -0.4 is 4.74 Å². The van der Waals surface area contributed by atoms with Crippen molar-refractivity contribution in [1.82, 2.24) is 4.98 Å². The molecule has 168 valence electrons. The third kappa shape index (κ3) is 6.13. The highest BCUT2D eigenvalue weighted by molar-refractivity contribution is 6.32. The Kier molecular flexibility index (Phi) is 7.61. The zero-order valence-electron chi connectivity index (χ0n) is 18.3. The molecule has 0 aliphatic carbocycles. The van der Waals surface area contributed by atoms with Crippen LogP contribution in [0.1, 0.15) is 24.1 Å². The maximum atomic E-state index is 9.67. The standard InChI is InChI=1S/C28H26ClNO3/c1-20(19-33-24-7-3-2-4-8-24)25-14-16-32-28(25)13-11-22(27-9-5-6-15-30-27)17-21-10-12-23(31)18-26(21)29/h2-10,12,14-15,17-18,28,31H,1,11,13,16,19H2/b22-17-. The number of allylic oxidation sites excluding steroid dienone is 1. The number of rotatable bonds is 9. The van der Waals surface area contributed by atoms with Crippen LogP contribution in [0, 0.1) is 0 Å². The summed E-state index contributed by atoms with van der Waals surface area (Å²) in [5.74, 6) is 0.961. The molecule has 1 N–H and O–H groups in total. The van der Waals surface area contributed by atoms with Gasteiger partial charge in [0.1, 0.15) is 18.1 Å². The summed E-state index contributed by atoms with van der Waals surface area (Å²) in [6.45, 7) is 5.22. The van der Waals surface area contributed by atoms with Gasteiger partial charge in [0.15, 0.2) is 0 Å². The highest BCUT2D eigenvalue weighted by atomic mass is 35.5. The molecular weight excluding hydrogens is 434 g/mol. The number of aromatic hydroxyl groups is 1. The van der Waals surface area contributed by atoms with Crippen molar-refractivity contribution in [3.8, 4) is 11.5 Å². The van der Waals surface area contributed by atoms with Gasteiger partial charge in [0, 0.05) is 6.20 Å². The molecule has 5 heteroatoms. The van der Waals surface area contributed by atoms with Gasteiger partial charge in [0.25, 0.3) is 0 Å². The lowest BCUT2D eigenvalue weighted by Crippen LogP contribution is -2.15. The van der Waals surface area contributed by atoms with Crippen molar-refractivity contribution in [2.24, 2.45) is 0 Å². The monoisotopic (exact) mass is 459 g/mol. The number of benzene rings is 2. The molecule has 0 amide bonds. The largest absolute Gasteiger partial charge is 0.508 e. The number of para-hydroxylation sites is 1. The topological polar surface area (TPSA) is 51.6 Å². The molecular formula is C28H26ClNO3. The van der Waals surface area contributed by atoms with Crippen LogP contribution >= 0.6 is 11.6 Å². The van der Waals surface area contributed by atoms with Crippen molar-refractivity contribution < 1.29 is 14.6 Å². The summed E-state index contributed by atoms with van der Waals surface area (Å²) in [5, 5.41) is 10.2. The third-order valence-corrected chi connectivity index (χ3v) is 5.82. The van der Waals surface area contributed by atoms with E-state index in [1.807, 2.05) is 54.6 Å². The number of nitrogens with zero attached hydrogens (tertiary/aromatic N) is 1. The van der Waals surface area contributed by atoms with Crippen molar-refractivity contribution in [3.63, 3.8) is 0 Å². The first-order valence-electron chi connectivity index (χ1n) is 10.9. The van der Waals surface area contributed by atoms with Crippen molar-refractivity contribution in [3.05, 3.63) is 113 Å². The first kappa shape index (κ1) is 22.8. The third-order valence-electron chi connectivity index (χ3n) is 5.50. The molecule has 4 rings (SSSR count). The Morgan fingerprint density at radius 2 is 1.97 bits per heavy atom. The summed E-state index contributed by atoms with van der Waals surface area (Å²) in [7, 11) is 0. The van der Waals surface area contributed by atoms with E-state index in [4.69, 9.17) is 21.1 Å². The number of phenolic OH excluding ortho intramolecular Hbond substituents is 1. The molecule has 1 aliphatic rings. The predicted molar refractivity (Wildman–Crippen MR) is 133 cm³/mol. The Morgan fingerprint density at radius 3 is 2.73 bits per heavy atom. The van der Waals surface area contributed by atoms with Crippen molar-refractivity contribution in [2.75, 3.05) is 13.2 Å². The molecule has 33 heavy (non-hydrogen) atoms. The fourth-order valence-corrected chi connectivity index (χ4v) is 4.02. The van der Waals surface area contributed by atoms with E-state index in [-0.39, 0.29) is 11.9 Å². The van der Waals surface area contributed by atoms with Gasteiger partial charge >= 0.3 is 0 Å². The van der Waals surface area contributed by atoms with E-state index in [1.165, 1.54) is 0 Å². The zero-order chi connectivity index (χ0) is 23.0. The molecule has 2 aromatic carbocycles. The second-order valence-corrected chi connectivity index (χ2v) is 8.22. The van der Waals surface area contributed by atoms with Crippen LogP contribution in [0.3, 0.4) is 0 Å². The molecule has 0 spiro atoms. The minimum atomic E-state index is -0.0562. The highest BCUT2D eigenvalue weighted by Gasteiger charge is 2.23. The summed E-state index contributed by atoms with van der Waals surface area (Å²) < 4.78 is 11.9. The Hall–Kier alpha value is -3.34. The van der Waals surface area contributed by atoms with Gasteiger partial charge in [-0.25, -0.2) is 0 Å². The summed E-state index contributed by atoms with van der Waals surface area (Å²) >= 11 is 6.35. The lowest BCUT2D eigenvalue weighted by molar-refractivity contribution is 0.117. The summed E-state index contributed by atoms with van der Waals surface area (Å²) in [4.78, 5) is 4.53. The van der Waals surface area contributed by atoms with Crippen LogP contribution in [-0.4, -0.2) is 29.4 Å². The fourth-order valence-electron chi connectivity index (χ4n) is 3.79. The predicted octanol–water partition coefficient (Wildman–Crippen LogP) is 6.72. The van der Waals surface area contributed by atoms with Crippen molar-refractivity contribution in [2.45, 2.75) is 18.9 Å². The van der Waals surface area contributed by atoms with Gasteiger partial charge in [-0.3, -0.25) is 4.98 Å². The normalized spacial score (nSPS) is 15.8. The number of phenols is 1. The fraction of sp³-hybridized carbons (Fsp3) is 0.179. The van der Waals surface area contributed by atoms with Gasteiger partial charge in [-0.15, -0.1) is 0 Å². The van der Waals surface area contributed by atoms with E-state index in [0.29, 0.717) is 18.2 Å². The quantitative estimate of drug-likeness (QED) is 0.385. The molecule has 0 bridgehead atoms. The number of ether oxygens (including phenoxy) is 2. The van der Waals surface area contributed by atoms with Crippen molar-refractivity contribution in [1.29, 1.82) is 0 Å². The second kappa shape index (κ2) is 11.0. The SMILES string of the molecule is C=C(COc1ccccc1)C1=CCOC1CC/C(=C/c1ccc(O)cc1Cl)c1ccccn1. The van der Waals surface area contributed by atoms with Gasteiger partial charge in [0.2, 0.25) is 0 Å². The van der Waals surface area contributed by atoms with Gasteiger partial charge in [-0.05, 0) is 83.7 Å². The minimum absolute atomic E-state index is 0.0562. The number of pyridine rings is 1. The average molecular weight is 460 g/mol. The highest BCUT2D eigenvalue weighted by Crippen LogP contribution is 2.31. The molecule has 3 aromatic rings.